The van der Waals surface area contributed by atoms with Crippen LogP contribution in [0.3, 0.4) is 0 Å². The van der Waals surface area contributed by atoms with Gasteiger partial charge in [0, 0.05) is 18.7 Å². The maximum atomic E-state index is 12.3. The van der Waals surface area contributed by atoms with Crippen LogP contribution >= 0.6 is 0 Å². The average Bonchev–Trinajstić information content (AvgIpc) is 2.37. The molecular formula is C11H17N3O5S. The SMILES string of the molecule is NC(=O)c1ccc(S(=O)(=O)N(CCO)CCO)c(N)c1. The van der Waals surface area contributed by atoms with Crippen molar-refractivity contribution in [3.05, 3.63) is 23.8 Å². The van der Waals surface area contributed by atoms with Crippen LogP contribution in [0.15, 0.2) is 23.1 Å². The predicted octanol–water partition coefficient (Wildman–Crippen LogP) is -1.66. The zero-order chi connectivity index (χ0) is 15.3. The molecule has 0 bridgehead atoms. The van der Waals surface area contributed by atoms with E-state index in [1.165, 1.54) is 18.2 Å². The third-order valence-corrected chi connectivity index (χ3v) is 4.58. The molecule has 0 aliphatic heterocycles. The van der Waals surface area contributed by atoms with E-state index in [0.29, 0.717) is 0 Å². The number of hydrogen-bond acceptors (Lipinski definition) is 6. The van der Waals surface area contributed by atoms with E-state index < -0.39 is 29.1 Å². The minimum Gasteiger partial charge on any atom is -0.398 e. The zero-order valence-corrected chi connectivity index (χ0v) is 11.5. The van der Waals surface area contributed by atoms with Gasteiger partial charge in [-0.15, -0.1) is 0 Å². The number of amides is 1. The molecule has 0 heterocycles. The molecule has 0 saturated heterocycles. The first kappa shape index (κ1) is 16.4. The third kappa shape index (κ3) is 3.45. The van der Waals surface area contributed by atoms with E-state index >= 15 is 0 Å². The summed E-state index contributed by atoms with van der Waals surface area (Å²) in [5.41, 5.74) is 10.7. The van der Waals surface area contributed by atoms with Gasteiger partial charge in [-0.2, -0.15) is 4.31 Å². The van der Waals surface area contributed by atoms with E-state index in [4.69, 9.17) is 21.7 Å². The molecule has 1 amide bonds. The summed E-state index contributed by atoms with van der Waals surface area (Å²) in [4.78, 5) is 10.8. The lowest BCUT2D eigenvalue weighted by atomic mass is 10.2. The van der Waals surface area contributed by atoms with Crippen LogP contribution in [0.4, 0.5) is 5.69 Å². The van der Waals surface area contributed by atoms with E-state index in [1.807, 2.05) is 0 Å². The van der Waals surface area contributed by atoms with Crippen LogP contribution in [0.2, 0.25) is 0 Å². The molecular weight excluding hydrogens is 286 g/mol. The molecule has 112 valence electrons. The van der Waals surface area contributed by atoms with Gasteiger partial charge in [-0.3, -0.25) is 4.79 Å². The third-order valence-electron chi connectivity index (χ3n) is 2.61. The number of anilines is 1. The number of carbonyl (C=O) groups excluding carboxylic acids is 1. The maximum absolute atomic E-state index is 12.3. The number of hydrogen-bond donors (Lipinski definition) is 4. The Balaban J connectivity index is 3.23. The van der Waals surface area contributed by atoms with Crippen molar-refractivity contribution in [2.45, 2.75) is 4.90 Å². The van der Waals surface area contributed by atoms with Crippen LogP contribution < -0.4 is 11.5 Å². The van der Waals surface area contributed by atoms with Gasteiger partial charge in [0.15, 0.2) is 0 Å². The lowest BCUT2D eigenvalue weighted by Crippen LogP contribution is -2.36. The van der Waals surface area contributed by atoms with Crippen molar-refractivity contribution >= 4 is 21.6 Å². The smallest absolute Gasteiger partial charge is 0.248 e. The Kier molecular flexibility index (Phi) is 5.45. The van der Waals surface area contributed by atoms with Crippen LogP contribution in [0.1, 0.15) is 10.4 Å². The summed E-state index contributed by atoms with van der Waals surface area (Å²) in [7, 11) is -3.96. The second-order valence-corrected chi connectivity index (χ2v) is 5.87. The van der Waals surface area contributed by atoms with Crippen LogP contribution in [0, 0.1) is 0 Å². The largest absolute Gasteiger partial charge is 0.398 e. The summed E-state index contributed by atoms with van der Waals surface area (Å²) in [6, 6.07) is 3.60. The summed E-state index contributed by atoms with van der Waals surface area (Å²) in [5, 5.41) is 17.8. The quantitative estimate of drug-likeness (QED) is 0.443. The number of benzene rings is 1. The molecule has 0 aliphatic rings. The fourth-order valence-corrected chi connectivity index (χ4v) is 3.17. The van der Waals surface area contributed by atoms with Crippen molar-refractivity contribution in [3.8, 4) is 0 Å². The molecule has 0 saturated carbocycles. The maximum Gasteiger partial charge on any atom is 0.248 e. The standard InChI is InChI=1S/C11H17N3O5S/c12-9-7-8(11(13)17)1-2-10(9)20(18,19)14(3-5-15)4-6-16/h1-2,7,15-16H,3-6,12H2,(H2,13,17). The number of primary amides is 1. The monoisotopic (exact) mass is 303 g/mol. The van der Waals surface area contributed by atoms with Crippen molar-refractivity contribution in [3.63, 3.8) is 0 Å². The summed E-state index contributed by atoms with van der Waals surface area (Å²) >= 11 is 0. The number of aliphatic hydroxyl groups excluding tert-OH is 2. The second kappa shape index (κ2) is 6.66. The highest BCUT2D eigenvalue weighted by Crippen LogP contribution is 2.23. The van der Waals surface area contributed by atoms with Crippen molar-refractivity contribution in [2.75, 3.05) is 32.0 Å². The fourth-order valence-electron chi connectivity index (χ4n) is 1.65. The van der Waals surface area contributed by atoms with Crippen molar-refractivity contribution in [1.82, 2.24) is 4.31 Å². The van der Waals surface area contributed by atoms with Crippen molar-refractivity contribution in [1.29, 1.82) is 0 Å². The first-order chi connectivity index (χ1) is 9.34. The zero-order valence-electron chi connectivity index (χ0n) is 10.7. The van der Waals surface area contributed by atoms with Gasteiger partial charge in [0.2, 0.25) is 15.9 Å². The van der Waals surface area contributed by atoms with Crippen molar-refractivity contribution in [2.24, 2.45) is 5.73 Å². The van der Waals surface area contributed by atoms with Crippen LogP contribution in [0.5, 0.6) is 0 Å². The lowest BCUT2D eigenvalue weighted by molar-refractivity contribution is 0.1000. The number of carbonyl (C=O) groups is 1. The molecule has 0 unspecified atom stereocenters. The molecule has 1 aromatic rings. The molecule has 0 spiro atoms. The normalized spacial score (nSPS) is 11.8. The molecule has 0 radical (unpaired) electrons. The molecule has 8 nitrogen and oxygen atoms in total. The Morgan fingerprint density at radius 1 is 1.20 bits per heavy atom. The van der Waals surface area contributed by atoms with Gasteiger partial charge in [0.25, 0.3) is 0 Å². The summed E-state index contributed by atoms with van der Waals surface area (Å²) in [6.07, 6.45) is 0. The number of nitrogen functional groups attached to an aromatic ring is 1. The average molecular weight is 303 g/mol. The number of sulfonamides is 1. The van der Waals surface area contributed by atoms with E-state index in [9.17, 15) is 13.2 Å². The van der Waals surface area contributed by atoms with Gasteiger partial charge < -0.3 is 21.7 Å². The molecule has 0 fully saturated rings. The summed E-state index contributed by atoms with van der Waals surface area (Å²) in [5.74, 6) is -0.719. The highest BCUT2D eigenvalue weighted by Gasteiger charge is 2.26. The minimum absolute atomic E-state index is 0.0947. The molecule has 0 aromatic heterocycles. The summed E-state index contributed by atoms with van der Waals surface area (Å²) in [6.45, 7) is -1.11. The Morgan fingerprint density at radius 3 is 2.15 bits per heavy atom. The first-order valence-corrected chi connectivity index (χ1v) is 7.19. The first-order valence-electron chi connectivity index (χ1n) is 5.75. The Morgan fingerprint density at radius 2 is 1.75 bits per heavy atom. The molecule has 6 N–H and O–H groups in total. The van der Waals surface area contributed by atoms with Gasteiger partial charge in [-0.05, 0) is 18.2 Å². The van der Waals surface area contributed by atoms with E-state index in [1.54, 1.807) is 0 Å². The van der Waals surface area contributed by atoms with Crippen LogP contribution in [-0.2, 0) is 10.0 Å². The highest BCUT2D eigenvalue weighted by atomic mass is 32.2. The van der Waals surface area contributed by atoms with E-state index in [0.717, 1.165) is 4.31 Å². The minimum atomic E-state index is -3.96. The topological polar surface area (TPSA) is 147 Å². The molecule has 9 heteroatoms. The van der Waals surface area contributed by atoms with Gasteiger partial charge >= 0.3 is 0 Å². The Bertz CT molecular complexity index is 582. The Labute approximate surface area is 116 Å². The van der Waals surface area contributed by atoms with Crippen molar-refractivity contribution < 1.29 is 23.4 Å². The number of aliphatic hydroxyl groups is 2. The highest BCUT2D eigenvalue weighted by molar-refractivity contribution is 7.89. The summed E-state index contributed by atoms with van der Waals surface area (Å²) < 4.78 is 25.5. The Hall–Kier alpha value is -1.68. The van der Waals surface area contributed by atoms with Gasteiger partial charge in [0.1, 0.15) is 4.90 Å². The second-order valence-electron chi connectivity index (χ2n) is 3.97. The molecule has 1 aromatic carbocycles. The van der Waals surface area contributed by atoms with Crippen LogP contribution in [-0.4, -0.2) is 55.1 Å². The van der Waals surface area contributed by atoms with Gasteiger partial charge in [0.05, 0.1) is 18.9 Å². The number of nitrogens with zero attached hydrogens (tertiary/aromatic N) is 1. The molecule has 0 aliphatic carbocycles. The van der Waals surface area contributed by atoms with Gasteiger partial charge in [-0.25, -0.2) is 8.42 Å². The van der Waals surface area contributed by atoms with Crippen LogP contribution in [0.25, 0.3) is 0 Å². The van der Waals surface area contributed by atoms with Gasteiger partial charge in [-0.1, -0.05) is 0 Å². The molecule has 20 heavy (non-hydrogen) atoms. The number of rotatable bonds is 7. The lowest BCUT2D eigenvalue weighted by Gasteiger charge is -2.21. The number of nitrogens with two attached hydrogens (primary N) is 2. The molecule has 1 rings (SSSR count). The fraction of sp³-hybridized carbons (Fsp3) is 0.364. The van der Waals surface area contributed by atoms with E-state index in [-0.39, 0.29) is 29.2 Å². The molecule has 0 atom stereocenters. The predicted molar refractivity (Wildman–Crippen MR) is 72.3 cm³/mol. The van der Waals surface area contributed by atoms with E-state index in [2.05, 4.69) is 0 Å².